The van der Waals surface area contributed by atoms with E-state index in [4.69, 9.17) is 9.47 Å². The number of benzene rings is 1. The lowest BCUT2D eigenvalue weighted by Crippen LogP contribution is -2.37. The van der Waals surface area contributed by atoms with E-state index in [-0.39, 0.29) is 28.7 Å². The summed E-state index contributed by atoms with van der Waals surface area (Å²) in [5.74, 6) is 0.957. The number of anilines is 1. The molecule has 2 heterocycles. The normalized spacial score (nSPS) is 24.9. The zero-order valence-electron chi connectivity index (χ0n) is 15.3. The maximum absolute atomic E-state index is 12.1. The van der Waals surface area contributed by atoms with Crippen LogP contribution >= 0.6 is 27.7 Å². The Morgan fingerprint density at radius 1 is 1.30 bits per heavy atom. The van der Waals surface area contributed by atoms with E-state index in [0.717, 1.165) is 0 Å². The molecule has 0 unspecified atom stereocenters. The van der Waals surface area contributed by atoms with Crippen molar-refractivity contribution in [1.29, 1.82) is 0 Å². The van der Waals surface area contributed by atoms with E-state index < -0.39 is 9.84 Å². The topological polar surface area (TPSA) is 85.3 Å². The van der Waals surface area contributed by atoms with Crippen LogP contribution in [-0.4, -0.2) is 55.5 Å². The number of rotatable bonds is 5. The van der Waals surface area contributed by atoms with Crippen molar-refractivity contribution in [2.75, 3.05) is 29.6 Å². The molecule has 0 aromatic heterocycles. The number of carbonyl (C=O) groups excluding carboxylic acids is 1. The summed E-state index contributed by atoms with van der Waals surface area (Å²) in [6.07, 6.45) is 0. The minimum absolute atomic E-state index is 0.0381. The average Bonchev–Trinajstić information content (AvgIpc) is 3.00. The van der Waals surface area contributed by atoms with Crippen LogP contribution in [-0.2, 0) is 14.6 Å². The number of fused-ring (bicyclic) bond motifs is 1. The first-order chi connectivity index (χ1) is 12.8. The minimum atomic E-state index is -3.12. The molecule has 2 aliphatic rings. The first-order valence-electron chi connectivity index (χ1n) is 8.60. The van der Waals surface area contributed by atoms with Crippen LogP contribution in [0.2, 0.25) is 0 Å². The molecule has 10 heteroatoms. The molecule has 0 bridgehead atoms. The molecular weight excluding hydrogens is 456 g/mol. The maximum Gasteiger partial charge on any atom is 0.244 e. The van der Waals surface area contributed by atoms with E-state index in [1.807, 2.05) is 30.9 Å². The van der Waals surface area contributed by atoms with Gasteiger partial charge >= 0.3 is 0 Å². The molecular formula is C17H21BrN2O5S2. The van der Waals surface area contributed by atoms with Crippen LogP contribution in [0.1, 0.15) is 20.8 Å². The molecule has 3 rings (SSSR count). The van der Waals surface area contributed by atoms with Gasteiger partial charge in [0.1, 0.15) is 0 Å². The standard InChI is InChI=1S/C17H21BrN2O5S2/c1-4-24-14-7-11(6-12(18)16(14)25-5-2)20-13-8-27(22,23)9-15(13)26-17(20)19-10(3)21/h6-7,13,15H,4-5,8-9H2,1-3H3/t13-,15+/m0/s1. The van der Waals surface area contributed by atoms with Crippen molar-refractivity contribution in [2.24, 2.45) is 4.99 Å². The Morgan fingerprint density at radius 2 is 2.00 bits per heavy atom. The van der Waals surface area contributed by atoms with Gasteiger partial charge in [-0.3, -0.25) is 4.79 Å². The van der Waals surface area contributed by atoms with Gasteiger partial charge in [-0.05, 0) is 35.8 Å². The van der Waals surface area contributed by atoms with E-state index in [0.29, 0.717) is 40.0 Å². The van der Waals surface area contributed by atoms with Crippen molar-refractivity contribution in [3.05, 3.63) is 16.6 Å². The van der Waals surface area contributed by atoms with Crippen molar-refractivity contribution in [2.45, 2.75) is 32.1 Å². The summed E-state index contributed by atoms with van der Waals surface area (Å²) in [5, 5.41) is 0.375. The SMILES string of the molecule is CCOc1cc(N2C(=NC(C)=O)S[C@@H]3CS(=O)(=O)C[C@@H]32)cc(Br)c1OCC. The Bertz CT molecular complexity index is 888. The second-order valence-corrected chi connectivity index (χ2v) is 10.4. The third-order valence-corrected chi connectivity index (χ3v) is 7.98. The Hall–Kier alpha value is -1.26. The summed E-state index contributed by atoms with van der Waals surface area (Å²) in [6, 6.07) is 3.39. The molecule has 2 atom stereocenters. The molecule has 148 valence electrons. The highest BCUT2D eigenvalue weighted by atomic mass is 79.9. The van der Waals surface area contributed by atoms with Crippen molar-refractivity contribution in [1.82, 2.24) is 0 Å². The Balaban J connectivity index is 2.09. The molecule has 0 aliphatic carbocycles. The summed E-state index contributed by atoms with van der Waals surface area (Å²) in [7, 11) is -3.12. The molecule has 1 aromatic carbocycles. The number of amides is 1. The zero-order valence-corrected chi connectivity index (χ0v) is 18.5. The quantitative estimate of drug-likeness (QED) is 0.645. The molecule has 2 saturated heterocycles. The number of aliphatic imine (C=N–C) groups is 1. The number of hydrogen-bond acceptors (Lipinski definition) is 6. The Morgan fingerprint density at radius 3 is 2.63 bits per heavy atom. The third kappa shape index (κ3) is 4.27. The monoisotopic (exact) mass is 476 g/mol. The minimum Gasteiger partial charge on any atom is -0.490 e. The molecule has 27 heavy (non-hydrogen) atoms. The molecule has 1 aromatic rings. The molecule has 7 nitrogen and oxygen atoms in total. The predicted molar refractivity (Wildman–Crippen MR) is 111 cm³/mol. The number of hydrogen-bond donors (Lipinski definition) is 0. The summed E-state index contributed by atoms with van der Waals surface area (Å²) in [6.45, 7) is 6.09. The van der Waals surface area contributed by atoms with Gasteiger partial charge in [0.15, 0.2) is 26.5 Å². The second-order valence-electron chi connectivity index (χ2n) is 6.20. The third-order valence-electron chi connectivity index (χ3n) is 4.18. The van der Waals surface area contributed by atoms with Gasteiger partial charge in [0.05, 0.1) is 35.2 Å². The van der Waals surface area contributed by atoms with E-state index in [2.05, 4.69) is 20.9 Å². The first-order valence-corrected chi connectivity index (χ1v) is 12.1. The van der Waals surface area contributed by atoms with Crippen molar-refractivity contribution >= 4 is 54.3 Å². The van der Waals surface area contributed by atoms with E-state index in [1.165, 1.54) is 18.7 Å². The van der Waals surface area contributed by atoms with Gasteiger partial charge < -0.3 is 14.4 Å². The van der Waals surface area contributed by atoms with Crippen LogP contribution in [0.4, 0.5) is 5.69 Å². The molecule has 2 aliphatic heterocycles. The van der Waals surface area contributed by atoms with Gasteiger partial charge in [0.25, 0.3) is 0 Å². The maximum atomic E-state index is 12.1. The van der Waals surface area contributed by atoms with E-state index >= 15 is 0 Å². The van der Waals surface area contributed by atoms with E-state index in [9.17, 15) is 13.2 Å². The van der Waals surface area contributed by atoms with Gasteiger partial charge in [-0.2, -0.15) is 4.99 Å². The van der Waals surface area contributed by atoms with Gasteiger partial charge in [-0.25, -0.2) is 8.42 Å². The number of thioether (sulfide) groups is 1. The van der Waals surface area contributed by atoms with Crippen LogP contribution in [0, 0.1) is 0 Å². The number of carbonyl (C=O) groups is 1. The summed E-state index contributed by atoms with van der Waals surface area (Å²) < 4.78 is 36.3. The second kappa shape index (κ2) is 8.00. The van der Waals surface area contributed by atoms with E-state index in [1.54, 1.807) is 0 Å². The van der Waals surface area contributed by atoms with Crippen molar-refractivity contribution < 1.29 is 22.7 Å². The van der Waals surface area contributed by atoms with Gasteiger partial charge in [0, 0.05) is 23.9 Å². The summed E-state index contributed by atoms with van der Waals surface area (Å²) >= 11 is 4.86. The van der Waals surface area contributed by atoms with Crippen LogP contribution < -0.4 is 14.4 Å². The van der Waals surface area contributed by atoms with Crippen LogP contribution in [0.15, 0.2) is 21.6 Å². The number of halogens is 1. The Labute approximate surface area is 171 Å². The number of nitrogens with zero attached hydrogens (tertiary/aromatic N) is 2. The first kappa shape index (κ1) is 20.5. The number of sulfone groups is 1. The lowest BCUT2D eigenvalue weighted by atomic mass is 10.2. The Kier molecular flexibility index (Phi) is 6.07. The van der Waals surface area contributed by atoms with Gasteiger partial charge in [-0.15, -0.1) is 0 Å². The fourth-order valence-corrected chi connectivity index (χ4v) is 7.74. The lowest BCUT2D eigenvalue weighted by Gasteiger charge is -2.26. The highest BCUT2D eigenvalue weighted by molar-refractivity contribution is 9.10. The van der Waals surface area contributed by atoms with Crippen molar-refractivity contribution in [3.8, 4) is 11.5 Å². The fourth-order valence-electron chi connectivity index (χ4n) is 3.24. The molecule has 0 saturated carbocycles. The highest BCUT2D eigenvalue weighted by Crippen LogP contribution is 2.45. The largest absolute Gasteiger partial charge is 0.490 e. The predicted octanol–water partition coefficient (Wildman–Crippen LogP) is 2.87. The molecule has 0 radical (unpaired) electrons. The molecule has 1 amide bonds. The van der Waals surface area contributed by atoms with Crippen LogP contribution in [0.25, 0.3) is 0 Å². The van der Waals surface area contributed by atoms with Gasteiger partial charge in [0.2, 0.25) is 5.91 Å². The summed E-state index contributed by atoms with van der Waals surface area (Å²) in [4.78, 5) is 17.6. The van der Waals surface area contributed by atoms with Crippen LogP contribution in [0.5, 0.6) is 11.5 Å². The zero-order chi connectivity index (χ0) is 19.8. The lowest BCUT2D eigenvalue weighted by molar-refractivity contribution is -0.115. The smallest absolute Gasteiger partial charge is 0.244 e. The summed E-state index contributed by atoms with van der Waals surface area (Å²) in [5.41, 5.74) is 0.714. The fraction of sp³-hybridized carbons (Fsp3) is 0.529. The van der Waals surface area contributed by atoms with Crippen molar-refractivity contribution in [3.63, 3.8) is 0 Å². The van der Waals surface area contributed by atoms with Gasteiger partial charge in [-0.1, -0.05) is 11.8 Å². The average molecular weight is 477 g/mol. The highest BCUT2D eigenvalue weighted by Gasteiger charge is 2.49. The molecule has 2 fully saturated rings. The number of amidine groups is 1. The number of ether oxygens (including phenoxy) is 2. The van der Waals surface area contributed by atoms with Crippen LogP contribution in [0.3, 0.4) is 0 Å². The molecule has 0 N–H and O–H groups in total. The molecule has 0 spiro atoms.